The van der Waals surface area contributed by atoms with Crippen LogP contribution in [0.1, 0.15) is 5.69 Å². The highest BCUT2D eigenvalue weighted by atomic mass is 32.1. The average Bonchev–Trinajstić information content (AvgIpc) is 2.42. The molecule has 0 aliphatic rings. The molecule has 0 atom stereocenters. The zero-order valence-corrected chi connectivity index (χ0v) is 11.7. The first-order chi connectivity index (χ1) is 9.13. The maximum Gasteiger partial charge on any atom is 0.215 e. The van der Waals surface area contributed by atoms with Crippen LogP contribution in [0, 0.1) is 11.7 Å². The topological polar surface area (TPSA) is 72.1 Å². The third-order valence-electron chi connectivity index (χ3n) is 2.54. The number of hydrogen-bond acceptors (Lipinski definition) is 6. The molecule has 0 spiro atoms. The van der Waals surface area contributed by atoms with Crippen molar-refractivity contribution in [2.24, 2.45) is 0 Å². The summed E-state index contributed by atoms with van der Waals surface area (Å²) in [6.45, 7) is 1.83. The van der Waals surface area contributed by atoms with Gasteiger partial charge in [0.15, 0.2) is 5.82 Å². The SMILES string of the molecule is COc1ccc(OC)c(Nc2nc(=S)[nH]nc2C)c1. The van der Waals surface area contributed by atoms with Crippen LogP contribution in [0.3, 0.4) is 0 Å². The minimum atomic E-state index is 0.315. The van der Waals surface area contributed by atoms with Crippen LogP contribution in [0.4, 0.5) is 11.5 Å². The van der Waals surface area contributed by atoms with Crippen molar-refractivity contribution in [1.82, 2.24) is 15.2 Å². The number of benzene rings is 1. The highest BCUT2D eigenvalue weighted by molar-refractivity contribution is 7.71. The maximum atomic E-state index is 5.29. The molecule has 0 saturated carbocycles. The van der Waals surface area contributed by atoms with Crippen LogP contribution < -0.4 is 14.8 Å². The second-order valence-electron chi connectivity index (χ2n) is 3.77. The summed E-state index contributed by atoms with van der Waals surface area (Å²) in [4.78, 5) is 4.19. The van der Waals surface area contributed by atoms with Crippen LogP contribution in [0.5, 0.6) is 11.5 Å². The normalized spacial score (nSPS) is 10.1. The van der Waals surface area contributed by atoms with Gasteiger partial charge >= 0.3 is 0 Å². The van der Waals surface area contributed by atoms with Gasteiger partial charge in [-0.25, -0.2) is 0 Å². The molecule has 0 amide bonds. The smallest absolute Gasteiger partial charge is 0.215 e. The van der Waals surface area contributed by atoms with Crippen LogP contribution in [0.25, 0.3) is 0 Å². The summed E-state index contributed by atoms with van der Waals surface area (Å²) >= 11 is 4.96. The Labute approximate surface area is 115 Å². The number of aromatic nitrogens is 3. The van der Waals surface area contributed by atoms with Gasteiger partial charge in [-0.2, -0.15) is 10.1 Å². The molecule has 1 heterocycles. The van der Waals surface area contributed by atoms with Gasteiger partial charge in [-0.1, -0.05) is 0 Å². The molecule has 2 rings (SSSR count). The third-order valence-corrected chi connectivity index (χ3v) is 2.72. The second kappa shape index (κ2) is 5.66. The Bertz CT molecular complexity index is 642. The number of anilines is 2. The molecule has 0 aliphatic heterocycles. The summed E-state index contributed by atoms with van der Waals surface area (Å²) in [6.07, 6.45) is 0. The van der Waals surface area contributed by atoms with E-state index in [9.17, 15) is 0 Å². The Morgan fingerprint density at radius 2 is 2.05 bits per heavy atom. The number of nitrogens with zero attached hydrogens (tertiary/aromatic N) is 2. The first-order valence-corrected chi connectivity index (χ1v) is 5.97. The number of aromatic amines is 1. The number of rotatable bonds is 4. The van der Waals surface area contributed by atoms with Crippen LogP contribution in [0.2, 0.25) is 0 Å². The van der Waals surface area contributed by atoms with E-state index in [0.717, 1.165) is 11.4 Å². The van der Waals surface area contributed by atoms with E-state index in [1.165, 1.54) is 0 Å². The van der Waals surface area contributed by atoms with Crippen LogP contribution in [-0.2, 0) is 0 Å². The molecule has 0 aliphatic carbocycles. The predicted octanol–water partition coefficient (Wildman–Crippen LogP) is 2.60. The lowest BCUT2D eigenvalue weighted by atomic mass is 10.2. The van der Waals surface area contributed by atoms with Gasteiger partial charge in [-0.05, 0) is 31.3 Å². The molecule has 6 nitrogen and oxygen atoms in total. The quantitative estimate of drug-likeness (QED) is 0.838. The summed E-state index contributed by atoms with van der Waals surface area (Å²) in [6, 6.07) is 5.45. The maximum absolute atomic E-state index is 5.29. The van der Waals surface area contributed by atoms with Crippen LogP contribution in [0.15, 0.2) is 18.2 Å². The van der Waals surface area contributed by atoms with E-state index < -0.39 is 0 Å². The van der Waals surface area contributed by atoms with Crippen molar-refractivity contribution in [2.45, 2.75) is 6.92 Å². The minimum absolute atomic E-state index is 0.315. The van der Waals surface area contributed by atoms with Gasteiger partial charge in [0.1, 0.15) is 17.2 Å². The van der Waals surface area contributed by atoms with Crippen LogP contribution >= 0.6 is 12.2 Å². The zero-order valence-electron chi connectivity index (χ0n) is 10.9. The highest BCUT2D eigenvalue weighted by Crippen LogP contribution is 2.31. The van der Waals surface area contributed by atoms with Crippen molar-refractivity contribution >= 4 is 23.7 Å². The molecule has 19 heavy (non-hydrogen) atoms. The average molecular weight is 278 g/mol. The second-order valence-corrected chi connectivity index (χ2v) is 4.15. The van der Waals surface area contributed by atoms with Crippen molar-refractivity contribution in [2.75, 3.05) is 19.5 Å². The van der Waals surface area contributed by atoms with Crippen molar-refractivity contribution in [3.8, 4) is 11.5 Å². The van der Waals surface area contributed by atoms with Crippen molar-refractivity contribution in [3.05, 3.63) is 28.7 Å². The van der Waals surface area contributed by atoms with Gasteiger partial charge in [0.05, 0.1) is 19.9 Å². The highest BCUT2D eigenvalue weighted by Gasteiger charge is 2.08. The largest absolute Gasteiger partial charge is 0.497 e. The fourth-order valence-electron chi connectivity index (χ4n) is 1.55. The molecule has 0 unspecified atom stereocenters. The molecule has 0 radical (unpaired) electrons. The summed E-state index contributed by atoms with van der Waals surface area (Å²) in [5.74, 6) is 1.98. The summed E-state index contributed by atoms with van der Waals surface area (Å²) in [5, 5.41) is 9.82. The van der Waals surface area contributed by atoms with E-state index in [-0.39, 0.29) is 0 Å². The Morgan fingerprint density at radius 1 is 1.26 bits per heavy atom. The molecule has 7 heteroatoms. The molecular weight excluding hydrogens is 264 g/mol. The number of nitrogens with one attached hydrogen (secondary N) is 2. The van der Waals surface area contributed by atoms with Gasteiger partial charge in [0.25, 0.3) is 0 Å². The van der Waals surface area contributed by atoms with Gasteiger partial charge < -0.3 is 14.8 Å². The lowest BCUT2D eigenvalue weighted by Crippen LogP contribution is -2.02. The molecule has 1 aromatic heterocycles. The third kappa shape index (κ3) is 3.00. The molecule has 2 N–H and O–H groups in total. The molecule has 0 fully saturated rings. The van der Waals surface area contributed by atoms with E-state index in [1.54, 1.807) is 14.2 Å². The fourth-order valence-corrected chi connectivity index (χ4v) is 1.69. The number of methoxy groups -OCH3 is 2. The van der Waals surface area contributed by atoms with E-state index in [2.05, 4.69) is 20.5 Å². The van der Waals surface area contributed by atoms with E-state index in [4.69, 9.17) is 21.7 Å². The number of aryl methyl sites for hydroxylation is 1. The van der Waals surface area contributed by atoms with Crippen molar-refractivity contribution in [3.63, 3.8) is 0 Å². The van der Waals surface area contributed by atoms with E-state index in [1.807, 2.05) is 25.1 Å². The van der Waals surface area contributed by atoms with Gasteiger partial charge in [0.2, 0.25) is 4.77 Å². The van der Waals surface area contributed by atoms with Crippen LogP contribution in [-0.4, -0.2) is 29.4 Å². The van der Waals surface area contributed by atoms with E-state index >= 15 is 0 Å². The molecule has 0 bridgehead atoms. The molecule has 1 aromatic carbocycles. The minimum Gasteiger partial charge on any atom is -0.497 e. The summed E-state index contributed by atoms with van der Waals surface area (Å²) in [5.41, 5.74) is 1.44. The zero-order chi connectivity index (χ0) is 13.8. The van der Waals surface area contributed by atoms with Gasteiger partial charge in [-0.15, -0.1) is 0 Å². The molecule has 2 aromatic rings. The number of H-pyrrole nitrogens is 1. The Balaban J connectivity index is 2.41. The lowest BCUT2D eigenvalue weighted by Gasteiger charge is -2.12. The Hall–Kier alpha value is -2.15. The van der Waals surface area contributed by atoms with Gasteiger partial charge in [0, 0.05) is 6.07 Å². The fraction of sp³-hybridized carbons (Fsp3) is 0.250. The number of ether oxygens (including phenoxy) is 2. The monoisotopic (exact) mass is 278 g/mol. The first-order valence-electron chi connectivity index (χ1n) is 5.56. The predicted molar refractivity (Wildman–Crippen MR) is 74.8 cm³/mol. The Morgan fingerprint density at radius 3 is 2.74 bits per heavy atom. The van der Waals surface area contributed by atoms with Crippen molar-refractivity contribution < 1.29 is 9.47 Å². The summed E-state index contributed by atoms with van der Waals surface area (Å²) in [7, 11) is 3.21. The lowest BCUT2D eigenvalue weighted by molar-refractivity contribution is 0.405. The standard InChI is InChI=1S/C12H14N4O2S/c1-7-11(14-12(19)16-15-7)13-9-6-8(17-2)4-5-10(9)18-3/h4-6H,1-3H3,(H2,13,14,16,19). The van der Waals surface area contributed by atoms with Crippen molar-refractivity contribution in [1.29, 1.82) is 0 Å². The number of hydrogen-bond donors (Lipinski definition) is 2. The van der Waals surface area contributed by atoms with E-state index in [0.29, 0.717) is 22.0 Å². The van der Waals surface area contributed by atoms with Gasteiger partial charge in [-0.3, -0.25) is 5.10 Å². The first kappa shape index (κ1) is 13.3. The Kier molecular flexibility index (Phi) is 3.96. The molecular formula is C12H14N4O2S. The molecule has 100 valence electrons. The molecule has 0 saturated heterocycles. The summed E-state index contributed by atoms with van der Waals surface area (Å²) < 4.78 is 10.8.